The highest BCUT2D eigenvalue weighted by Crippen LogP contribution is 2.18. The molecule has 1 heterocycles. The zero-order valence-corrected chi connectivity index (χ0v) is 11.6. The van der Waals surface area contributed by atoms with Gasteiger partial charge in [0.05, 0.1) is 12.0 Å². The molecule has 0 amide bonds. The van der Waals surface area contributed by atoms with Crippen molar-refractivity contribution in [1.82, 2.24) is 15.2 Å². The molecule has 2 aromatic rings. The third-order valence-corrected chi connectivity index (χ3v) is 3.81. The zero-order chi connectivity index (χ0) is 13.2. The summed E-state index contributed by atoms with van der Waals surface area (Å²) in [4.78, 5) is 3.89. The molecule has 0 saturated heterocycles. The molecule has 0 saturated carbocycles. The van der Waals surface area contributed by atoms with E-state index in [-0.39, 0.29) is 16.9 Å². The first-order valence-corrected chi connectivity index (χ1v) is 7.03. The molecular weight excluding hydrogens is 324 g/mol. The van der Waals surface area contributed by atoms with Crippen LogP contribution in [0.25, 0.3) is 0 Å². The van der Waals surface area contributed by atoms with E-state index in [1.807, 2.05) is 0 Å². The first-order chi connectivity index (χ1) is 8.51. The molecule has 1 aromatic heterocycles. The standard InChI is InChI=1S/C9H9BrN4O3S/c1-17-9-11-8(12-13-9)14-18(15,16)7-4-2-3-6(10)5-7/h2-5H,1H3,(H2,11,12,13,14). The first-order valence-electron chi connectivity index (χ1n) is 4.76. The number of hydrogen-bond acceptors (Lipinski definition) is 5. The Bertz CT molecular complexity index is 655. The van der Waals surface area contributed by atoms with Gasteiger partial charge in [-0.25, -0.2) is 18.2 Å². The predicted octanol–water partition coefficient (Wildman–Crippen LogP) is 1.38. The van der Waals surface area contributed by atoms with Gasteiger partial charge in [0.1, 0.15) is 0 Å². The molecule has 0 fully saturated rings. The first kappa shape index (κ1) is 12.8. The molecule has 2 N–H and O–H groups in total. The lowest BCUT2D eigenvalue weighted by Crippen LogP contribution is -2.13. The Morgan fingerprint density at radius 1 is 1.44 bits per heavy atom. The second-order valence-corrected chi connectivity index (χ2v) is 5.83. The summed E-state index contributed by atoms with van der Waals surface area (Å²) in [5.41, 5.74) is 0. The summed E-state index contributed by atoms with van der Waals surface area (Å²) in [7, 11) is -2.32. The van der Waals surface area contributed by atoms with Crippen LogP contribution in [0.2, 0.25) is 0 Å². The number of methoxy groups -OCH3 is 1. The number of aromatic nitrogens is 3. The number of rotatable bonds is 4. The molecule has 1 aromatic carbocycles. The van der Waals surface area contributed by atoms with Crippen molar-refractivity contribution in [2.75, 3.05) is 11.8 Å². The minimum absolute atomic E-state index is 0.00757. The lowest BCUT2D eigenvalue weighted by molar-refractivity contribution is 0.382. The molecule has 0 spiro atoms. The van der Waals surface area contributed by atoms with E-state index < -0.39 is 10.0 Å². The Balaban J connectivity index is 2.27. The van der Waals surface area contributed by atoms with E-state index in [9.17, 15) is 8.42 Å². The third kappa shape index (κ3) is 2.79. The van der Waals surface area contributed by atoms with Gasteiger partial charge in [-0.1, -0.05) is 22.0 Å². The Morgan fingerprint density at radius 2 is 2.22 bits per heavy atom. The average Bonchev–Trinajstić information content (AvgIpc) is 2.76. The number of nitrogens with zero attached hydrogens (tertiary/aromatic N) is 2. The fourth-order valence-electron chi connectivity index (χ4n) is 1.20. The predicted molar refractivity (Wildman–Crippen MR) is 67.9 cm³/mol. The van der Waals surface area contributed by atoms with Crippen LogP contribution in [0.15, 0.2) is 33.6 Å². The molecule has 0 radical (unpaired) electrons. The number of halogens is 1. The van der Waals surface area contributed by atoms with Crippen molar-refractivity contribution in [2.45, 2.75) is 4.90 Å². The number of H-pyrrole nitrogens is 1. The van der Waals surface area contributed by atoms with Crippen molar-refractivity contribution in [2.24, 2.45) is 0 Å². The number of hydrogen-bond donors (Lipinski definition) is 2. The SMILES string of the molecule is COc1n[nH]c(NS(=O)(=O)c2cccc(Br)c2)n1. The molecule has 18 heavy (non-hydrogen) atoms. The lowest BCUT2D eigenvalue weighted by atomic mass is 10.4. The summed E-state index contributed by atoms with van der Waals surface area (Å²) in [5, 5.41) is 6.04. The van der Waals surface area contributed by atoms with Crippen LogP contribution < -0.4 is 9.46 Å². The van der Waals surface area contributed by atoms with Crippen LogP contribution in [0.1, 0.15) is 0 Å². The van der Waals surface area contributed by atoms with Gasteiger partial charge in [0.15, 0.2) is 0 Å². The summed E-state index contributed by atoms with van der Waals surface area (Å²) >= 11 is 3.21. The molecule has 0 unspecified atom stereocenters. The molecule has 9 heteroatoms. The average molecular weight is 333 g/mol. The van der Waals surface area contributed by atoms with Gasteiger partial charge in [0.2, 0.25) is 5.95 Å². The normalized spacial score (nSPS) is 11.2. The number of nitrogens with one attached hydrogen (secondary N) is 2. The smallest absolute Gasteiger partial charge is 0.336 e. The topological polar surface area (TPSA) is 97.0 Å². The molecule has 2 rings (SSSR count). The van der Waals surface area contributed by atoms with Gasteiger partial charge >= 0.3 is 6.01 Å². The van der Waals surface area contributed by atoms with Crippen LogP contribution in [0.5, 0.6) is 6.01 Å². The van der Waals surface area contributed by atoms with Gasteiger partial charge in [-0.3, -0.25) is 0 Å². The Hall–Kier alpha value is -1.61. The van der Waals surface area contributed by atoms with Gasteiger partial charge in [0, 0.05) is 4.47 Å². The quantitative estimate of drug-likeness (QED) is 0.881. The summed E-state index contributed by atoms with van der Waals surface area (Å²) < 4.78 is 31.6. The van der Waals surface area contributed by atoms with E-state index >= 15 is 0 Å². The largest absolute Gasteiger partial charge is 0.466 e. The fourth-order valence-corrected chi connectivity index (χ4v) is 2.76. The maximum absolute atomic E-state index is 12.0. The highest BCUT2D eigenvalue weighted by Gasteiger charge is 2.16. The van der Waals surface area contributed by atoms with Crippen molar-refractivity contribution in [3.8, 4) is 6.01 Å². The summed E-state index contributed by atoms with van der Waals surface area (Å²) in [6, 6.07) is 6.37. The van der Waals surface area contributed by atoms with Crippen molar-refractivity contribution in [3.63, 3.8) is 0 Å². The number of anilines is 1. The molecule has 0 atom stereocenters. The summed E-state index contributed by atoms with van der Waals surface area (Å²) in [6.45, 7) is 0. The molecule has 0 aliphatic carbocycles. The van der Waals surface area contributed by atoms with Crippen LogP contribution in [0, 0.1) is 0 Å². The Kier molecular flexibility index (Phi) is 3.53. The molecule has 0 bridgehead atoms. The van der Waals surface area contributed by atoms with Crippen LogP contribution >= 0.6 is 15.9 Å². The number of aromatic amines is 1. The van der Waals surface area contributed by atoms with E-state index in [0.29, 0.717) is 4.47 Å². The van der Waals surface area contributed by atoms with Crippen LogP contribution in [0.3, 0.4) is 0 Å². The number of sulfonamides is 1. The van der Waals surface area contributed by atoms with Gasteiger partial charge in [-0.15, -0.1) is 5.10 Å². The minimum atomic E-state index is -3.70. The van der Waals surface area contributed by atoms with E-state index in [1.54, 1.807) is 12.1 Å². The highest BCUT2D eigenvalue weighted by atomic mass is 79.9. The van der Waals surface area contributed by atoms with Crippen molar-refractivity contribution in [3.05, 3.63) is 28.7 Å². The van der Waals surface area contributed by atoms with E-state index in [1.165, 1.54) is 19.2 Å². The van der Waals surface area contributed by atoms with Gasteiger partial charge in [-0.05, 0) is 18.2 Å². The van der Waals surface area contributed by atoms with Gasteiger partial charge in [0.25, 0.3) is 10.0 Å². The van der Waals surface area contributed by atoms with Gasteiger partial charge < -0.3 is 4.74 Å². The second kappa shape index (κ2) is 4.94. The molecule has 96 valence electrons. The van der Waals surface area contributed by atoms with Crippen LogP contribution in [-0.4, -0.2) is 30.7 Å². The Labute approximate surface area is 112 Å². The van der Waals surface area contributed by atoms with Crippen molar-refractivity contribution in [1.29, 1.82) is 0 Å². The third-order valence-electron chi connectivity index (χ3n) is 1.98. The zero-order valence-electron chi connectivity index (χ0n) is 9.21. The van der Waals surface area contributed by atoms with Crippen molar-refractivity contribution < 1.29 is 13.2 Å². The summed E-state index contributed by atoms with van der Waals surface area (Å²) in [5.74, 6) is -0.00757. The molecule has 0 aliphatic rings. The van der Waals surface area contributed by atoms with Crippen LogP contribution in [-0.2, 0) is 10.0 Å². The second-order valence-electron chi connectivity index (χ2n) is 3.23. The van der Waals surface area contributed by atoms with Crippen molar-refractivity contribution >= 4 is 31.9 Å². The van der Waals surface area contributed by atoms with Gasteiger partial charge in [-0.2, -0.15) is 4.98 Å². The van der Waals surface area contributed by atoms with E-state index in [4.69, 9.17) is 4.74 Å². The Morgan fingerprint density at radius 3 is 2.83 bits per heavy atom. The maximum Gasteiger partial charge on any atom is 0.336 e. The van der Waals surface area contributed by atoms with E-state index in [0.717, 1.165) is 0 Å². The molecular formula is C9H9BrN4O3S. The van der Waals surface area contributed by atoms with Crippen LogP contribution in [0.4, 0.5) is 5.95 Å². The number of ether oxygens (including phenoxy) is 1. The lowest BCUT2D eigenvalue weighted by Gasteiger charge is -2.04. The number of benzene rings is 1. The van der Waals surface area contributed by atoms with E-state index in [2.05, 4.69) is 35.8 Å². The molecule has 7 nitrogen and oxygen atoms in total. The minimum Gasteiger partial charge on any atom is -0.466 e. The summed E-state index contributed by atoms with van der Waals surface area (Å²) in [6.07, 6.45) is 0. The maximum atomic E-state index is 12.0. The highest BCUT2D eigenvalue weighted by molar-refractivity contribution is 9.10. The monoisotopic (exact) mass is 332 g/mol. The molecule has 0 aliphatic heterocycles. The fraction of sp³-hybridized carbons (Fsp3) is 0.111.